The highest BCUT2D eigenvalue weighted by Crippen LogP contribution is 2.18. The molecule has 0 fully saturated rings. The van der Waals surface area contributed by atoms with E-state index < -0.39 is 12.4 Å². The Morgan fingerprint density at radius 3 is 2.82 bits per heavy atom. The molecule has 0 saturated carbocycles. The van der Waals surface area contributed by atoms with Crippen LogP contribution in [0.25, 0.3) is 5.69 Å². The maximum Gasteiger partial charge on any atom is 0.205 e. The second-order valence-corrected chi connectivity index (χ2v) is 4.18. The molecule has 17 heavy (non-hydrogen) atoms. The second kappa shape index (κ2) is 4.77. The summed E-state index contributed by atoms with van der Waals surface area (Å²) in [7, 11) is 0. The van der Waals surface area contributed by atoms with E-state index in [0.29, 0.717) is 10.2 Å². The molecule has 1 N–H and O–H groups in total. The molecule has 1 aromatic heterocycles. The van der Waals surface area contributed by atoms with Crippen LogP contribution in [0.15, 0.2) is 39.7 Å². The summed E-state index contributed by atoms with van der Waals surface area (Å²) in [6.07, 6.45) is 1.42. The van der Waals surface area contributed by atoms with E-state index in [1.165, 1.54) is 23.0 Å². The minimum absolute atomic E-state index is 0.0239. The first-order valence-electron chi connectivity index (χ1n) is 4.77. The van der Waals surface area contributed by atoms with Crippen molar-refractivity contribution < 1.29 is 9.50 Å². The number of nitrogens with zero attached hydrogens (tertiary/aromatic N) is 2. The van der Waals surface area contributed by atoms with Crippen molar-refractivity contribution in [2.24, 2.45) is 0 Å². The molecule has 0 aliphatic rings. The molecule has 1 heterocycles. The van der Waals surface area contributed by atoms with E-state index in [2.05, 4.69) is 21.0 Å². The maximum atomic E-state index is 13.3. The molecule has 0 amide bonds. The fourth-order valence-corrected chi connectivity index (χ4v) is 1.57. The van der Waals surface area contributed by atoms with Gasteiger partial charge in [0.1, 0.15) is 11.5 Å². The molecule has 0 saturated heterocycles. The highest BCUT2D eigenvalue weighted by atomic mass is 79.9. The van der Waals surface area contributed by atoms with Gasteiger partial charge in [-0.1, -0.05) is 0 Å². The van der Waals surface area contributed by atoms with Gasteiger partial charge in [0.25, 0.3) is 0 Å². The molecule has 4 nitrogen and oxygen atoms in total. The van der Waals surface area contributed by atoms with Gasteiger partial charge in [0.05, 0.1) is 16.8 Å². The molecule has 0 spiro atoms. The van der Waals surface area contributed by atoms with Crippen LogP contribution in [-0.4, -0.2) is 14.9 Å². The molecule has 0 atom stereocenters. The molecule has 88 valence electrons. The molecular weight excluding hydrogens is 291 g/mol. The Hall–Kier alpha value is -1.53. The normalized spacial score (nSPS) is 10.5. The van der Waals surface area contributed by atoms with Gasteiger partial charge in [-0.05, 0) is 28.1 Å². The van der Waals surface area contributed by atoms with Crippen LogP contribution in [0.5, 0.6) is 0 Å². The van der Waals surface area contributed by atoms with Crippen LogP contribution in [0.4, 0.5) is 4.39 Å². The average molecular weight is 299 g/mol. The highest BCUT2D eigenvalue weighted by molar-refractivity contribution is 9.10. The number of aliphatic hydroxyl groups excluding tert-OH is 1. The largest absolute Gasteiger partial charge is 0.390 e. The van der Waals surface area contributed by atoms with Crippen LogP contribution < -0.4 is 5.43 Å². The molecule has 0 radical (unpaired) electrons. The molecule has 0 bridgehead atoms. The lowest BCUT2D eigenvalue weighted by atomic mass is 10.3. The van der Waals surface area contributed by atoms with E-state index >= 15 is 0 Å². The fourth-order valence-electron chi connectivity index (χ4n) is 1.33. The highest BCUT2D eigenvalue weighted by Gasteiger charge is 2.05. The molecule has 6 heteroatoms. The van der Waals surface area contributed by atoms with E-state index in [1.807, 2.05) is 0 Å². The minimum Gasteiger partial charge on any atom is -0.390 e. The Morgan fingerprint density at radius 2 is 2.18 bits per heavy atom. The maximum absolute atomic E-state index is 13.3. The molecular formula is C11H8BrFN2O2. The molecule has 0 unspecified atom stereocenters. The lowest BCUT2D eigenvalue weighted by molar-refractivity contribution is 0.273. The Labute approximate surface area is 104 Å². The third-order valence-corrected chi connectivity index (χ3v) is 2.84. The zero-order valence-corrected chi connectivity index (χ0v) is 10.2. The first-order chi connectivity index (χ1) is 8.11. The average Bonchev–Trinajstić information content (AvgIpc) is 2.33. The van der Waals surface area contributed by atoms with Gasteiger partial charge in [-0.3, -0.25) is 4.79 Å². The first kappa shape index (κ1) is 11.9. The van der Waals surface area contributed by atoms with Gasteiger partial charge in [0, 0.05) is 18.3 Å². The smallest absolute Gasteiger partial charge is 0.205 e. The van der Waals surface area contributed by atoms with Gasteiger partial charge in [-0.15, -0.1) is 0 Å². The molecule has 2 rings (SSSR count). The van der Waals surface area contributed by atoms with Crippen molar-refractivity contribution in [2.45, 2.75) is 6.61 Å². The first-order valence-corrected chi connectivity index (χ1v) is 5.56. The lowest BCUT2D eigenvalue weighted by Crippen LogP contribution is -2.15. The van der Waals surface area contributed by atoms with Gasteiger partial charge in [0.15, 0.2) is 0 Å². The van der Waals surface area contributed by atoms with Crippen molar-refractivity contribution in [2.75, 3.05) is 0 Å². The van der Waals surface area contributed by atoms with E-state index in [-0.39, 0.29) is 11.1 Å². The predicted molar refractivity (Wildman–Crippen MR) is 63.4 cm³/mol. The van der Waals surface area contributed by atoms with Crippen molar-refractivity contribution in [1.82, 2.24) is 9.78 Å². The van der Waals surface area contributed by atoms with Crippen LogP contribution in [0.1, 0.15) is 5.69 Å². The standard InChI is InChI=1S/C11H8BrFN2O2/c12-8-2-1-7(5-9(8)13)15-4-3-11(17)10(6-16)14-15/h1-5,16H,6H2. The minimum atomic E-state index is -0.446. The van der Waals surface area contributed by atoms with Crippen LogP contribution >= 0.6 is 15.9 Å². The Kier molecular flexibility index (Phi) is 3.35. The Morgan fingerprint density at radius 1 is 1.41 bits per heavy atom. The zero-order chi connectivity index (χ0) is 12.4. The van der Waals surface area contributed by atoms with E-state index in [1.54, 1.807) is 12.1 Å². The fraction of sp³-hybridized carbons (Fsp3) is 0.0909. The van der Waals surface area contributed by atoms with E-state index in [0.717, 1.165) is 0 Å². The topological polar surface area (TPSA) is 55.1 Å². The Balaban J connectivity index is 2.53. The van der Waals surface area contributed by atoms with Crippen molar-refractivity contribution in [3.63, 3.8) is 0 Å². The number of hydrogen-bond acceptors (Lipinski definition) is 3. The van der Waals surface area contributed by atoms with Crippen LogP contribution in [0.2, 0.25) is 0 Å². The van der Waals surface area contributed by atoms with Gasteiger partial charge >= 0.3 is 0 Å². The molecule has 1 aromatic carbocycles. The van der Waals surface area contributed by atoms with Crippen molar-refractivity contribution in [3.8, 4) is 5.69 Å². The third-order valence-electron chi connectivity index (χ3n) is 2.20. The molecule has 0 aliphatic carbocycles. The van der Waals surface area contributed by atoms with Crippen LogP contribution in [0.3, 0.4) is 0 Å². The molecule has 0 aliphatic heterocycles. The van der Waals surface area contributed by atoms with Crippen LogP contribution in [0, 0.1) is 5.82 Å². The SMILES string of the molecule is O=c1ccn(-c2ccc(Br)c(F)c2)nc1CO. The van der Waals surface area contributed by atoms with Gasteiger partial charge < -0.3 is 5.11 Å². The van der Waals surface area contributed by atoms with Gasteiger partial charge in [0.2, 0.25) is 5.43 Å². The number of halogens is 2. The number of aromatic nitrogens is 2. The van der Waals surface area contributed by atoms with Gasteiger partial charge in [-0.25, -0.2) is 9.07 Å². The summed E-state index contributed by atoms with van der Waals surface area (Å²) in [5.74, 6) is -0.423. The second-order valence-electron chi connectivity index (χ2n) is 3.33. The Bertz CT molecular complexity index is 613. The summed E-state index contributed by atoms with van der Waals surface area (Å²) in [5, 5.41) is 12.8. The van der Waals surface area contributed by atoms with Crippen molar-refractivity contribution in [3.05, 3.63) is 56.7 Å². The number of aliphatic hydroxyl groups is 1. The summed E-state index contributed by atoms with van der Waals surface area (Å²) in [4.78, 5) is 11.2. The number of rotatable bonds is 2. The summed E-state index contributed by atoms with van der Waals surface area (Å²) in [5.41, 5.74) is 0.151. The van der Waals surface area contributed by atoms with Crippen molar-refractivity contribution >= 4 is 15.9 Å². The summed E-state index contributed by atoms with van der Waals surface area (Å²) in [6.45, 7) is -0.446. The van der Waals surface area contributed by atoms with E-state index in [9.17, 15) is 9.18 Å². The van der Waals surface area contributed by atoms with Crippen molar-refractivity contribution in [1.29, 1.82) is 0 Å². The molecule has 2 aromatic rings. The van der Waals surface area contributed by atoms with Crippen LogP contribution in [-0.2, 0) is 6.61 Å². The third kappa shape index (κ3) is 2.42. The summed E-state index contributed by atoms with van der Waals surface area (Å²) in [6, 6.07) is 5.75. The predicted octanol–water partition coefficient (Wildman–Crippen LogP) is 1.63. The number of benzene rings is 1. The summed E-state index contributed by atoms with van der Waals surface area (Å²) < 4.78 is 15.0. The quantitative estimate of drug-likeness (QED) is 0.917. The van der Waals surface area contributed by atoms with Gasteiger partial charge in [-0.2, -0.15) is 5.10 Å². The van der Waals surface area contributed by atoms with E-state index in [4.69, 9.17) is 5.11 Å². The zero-order valence-electron chi connectivity index (χ0n) is 8.60. The monoisotopic (exact) mass is 298 g/mol. The summed E-state index contributed by atoms with van der Waals surface area (Å²) >= 11 is 3.05. The lowest BCUT2D eigenvalue weighted by Gasteiger charge is -2.06. The number of hydrogen-bond donors (Lipinski definition) is 1.